The Morgan fingerprint density at radius 2 is 2.05 bits per heavy atom. The number of rotatable bonds is 3. The zero-order valence-corrected chi connectivity index (χ0v) is 13.5. The molecule has 0 spiro atoms. The Bertz CT molecular complexity index is 520. The summed E-state index contributed by atoms with van der Waals surface area (Å²) in [5.41, 5.74) is -0.0312. The standard InChI is InChI=1S/C17H25FN2O2/c1-16(2,3)22-15(21)20-17(7-9-19-10-8-17)12-13-5-4-6-14(18)11-13/h4-6,11,19H,7-10,12H2,1-3H3,(H,20,21). The molecule has 1 aliphatic heterocycles. The van der Waals surface area contributed by atoms with Gasteiger partial charge in [0.2, 0.25) is 0 Å². The molecule has 1 fully saturated rings. The Kier molecular flexibility index (Phi) is 5.06. The summed E-state index contributed by atoms with van der Waals surface area (Å²) in [7, 11) is 0. The van der Waals surface area contributed by atoms with Gasteiger partial charge in [-0.3, -0.25) is 0 Å². The number of nitrogens with one attached hydrogen (secondary N) is 2. The predicted octanol–water partition coefficient (Wildman–Crippen LogP) is 3.02. The van der Waals surface area contributed by atoms with Crippen LogP contribution in [0.4, 0.5) is 9.18 Å². The summed E-state index contributed by atoms with van der Waals surface area (Å²) in [5, 5.41) is 6.33. The third kappa shape index (κ3) is 4.98. The Morgan fingerprint density at radius 1 is 1.36 bits per heavy atom. The van der Waals surface area contributed by atoms with Crippen molar-refractivity contribution in [3.63, 3.8) is 0 Å². The third-order valence-electron chi connectivity index (χ3n) is 3.76. The summed E-state index contributed by atoms with van der Waals surface area (Å²) in [4.78, 5) is 12.2. The highest BCUT2D eigenvalue weighted by molar-refractivity contribution is 5.69. The summed E-state index contributed by atoms with van der Waals surface area (Å²) in [6, 6.07) is 6.55. The number of hydrogen-bond acceptors (Lipinski definition) is 3. The highest BCUT2D eigenvalue weighted by atomic mass is 19.1. The van der Waals surface area contributed by atoms with E-state index in [1.54, 1.807) is 6.07 Å². The van der Waals surface area contributed by atoms with Crippen molar-refractivity contribution >= 4 is 6.09 Å². The van der Waals surface area contributed by atoms with Crippen molar-refractivity contribution in [2.24, 2.45) is 0 Å². The van der Waals surface area contributed by atoms with Crippen molar-refractivity contribution in [1.29, 1.82) is 0 Å². The summed E-state index contributed by atoms with van der Waals surface area (Å²) in [5.74, 6) is -0.251. The molecule has 22 heavy (non-hydrogen) atoms. The van der Waals surface area contributed by atoms with Gasteiger partial charge in [-0.2, -0.15) is 0 Å². The number of hydrogen-bond donors (Lipinski definition) is 2. The first-order chi connectivity index (χ1) is 10.3. The Labute approximate surface area is 131 Å². The Balaban J connectivity index is 2.12. The van der Waals surface area contributed by atoms with Crippen LogP contribution in [-0.4, -0.2) is 30.3 Å². The monoisotopic (exact) mass is 308 g/mol. The minimum Gasteiger partial charge on any atom is -0.444 e. The van der Waals surface area contributed by atoms with Gasteiger partial charge < -0.3 is 15.4 Å². The highest BCUT2D eigenvalue weighted by Gasteiger charge is 2.35. The molecule has 1 saturated heterocycles. The lowest BCUT2D eigenvalue weighted by molar-refractivity contribution is 0.0430. The highest BCUT2D eigenvalue weighted by Crippen LogP contribution is 2.25. The van der Waals surface area contributed by atoms with Gasteiger partial charge in [0, 0.05) is 5.54 Å². The number of piperidine rings is 1. The van der Waals surface area contributed by atoms with E-state index in [9.17, 15) is 9.18 Å². The van der Waals surface area contributed by atoms with Gasteiger partial charge in [-0.05, 0) is 70.8 Å². The molecule has 1 aromatic rings. The Morgan fingerprint density at radius 3 is 2.64 bits per heavy atom. The van der Waals surface area contributed by atoms with Gasteiger partial charge in [-0.15, -0.1) is 0 Å². The van der Waals surface area contributed by atoms with E-state index in [0.717, 1.165) is 31.5 Å². The first-order valence-corrected chi connectivity index (χ1v) is 7.74. The van der Waals surface area contributed by atoms with Crippen LogP contribution in [0, 0.1) is 5.82 Å². The maximum Gasteiger partial charge on any atom is 0.408 e. The summed E-state index contributed by atoms with van der Waals surface area (Å²) in [6.45, 7) is 7.17. The Hall–Kier alpha value is -1.62. The fourth-order valence-electron chi connectivity index (χ4n) is 2.81. The molecule has 122 valence electrons. The third-order valence-corrected chi connectivity index (χ3v) is 3.76. The number of alkyl carbamates (subject to hydrolysis) is 1. The van der Waals surface area contributed by atoms with Crippen molar-refractivity contribution in [2.45, 2.75) is 51.2 Å². The molecule has 0 aliphatic carbocycles. The quantitative estimate of drug-likeness (QED) is 0.902. The maximum absolute atomic E-state index is 13.4. The van der Waals surface area contributed by atoms with E-state index >= 15 is 0 Å². The van der Waals surface area contributed by atoms with Crippen LogP contribution in [0.15, 0.2) is 24.3 Å². The number of amides is 1. The molecule has 0 bridgehead atoms. The number of benzene rings is 1. The van der Waals surface area contributed by atoms with E-state index in [2.05, 4.69) is 10.6 Å². The summed E-state index contributed by atoms with van der Waals surface area (Å²) >= 11 is 0. The molecule has 0 atom stereocenters. The lowest BCUT2D eigenvalue weighted by Gasteiger charge is -2.39. The number of carbonyl (C=O) groups is 1. The summed E-state index contributed by atoms with van der Waals surface area (Å²) < 4.78 is 18.8. The van der Waals surface area contributed by atoms with E-state index in [4.69, 9.17) is 4.74 Å². The maximum atomic E-state index is 13.4. The van der Waals surface area contributed by atoms with Gasteiger partial charge >= 0.3 is 6.09 Å². The SMILES string of the molecule is CC(C)(C)OC(=O)NC1(Cc2cccc(F)c2)CCNCC1. The molecule has 2 N–H and O–H groups in total. The first kappa shape index (κ1) is 16.7. The van der Waals surface area contributed by atoms with Crippen LogP contribution in [0.1, 0.15) is 39.2 Å². The molecule has 1 amide bonds. The normalized spacial score (nSPS) is 17.8. The van der Waals surface area contributed by atoms with Gasteiger partial charge in [-0.1, -0.05) is 12.1 Å². The second-order valence-electron chi connectivity index (χ2n) is 6.96. The van der Waals surface area contributed by atoms with E-state index in [1.165, 1.54) is 12.1 Å². The van der Waals surface area contributed by atoms with Crippen LogP contribution >= 0.6 is 0 Å². The topological polar surface area (TPSA) is 50.4 Å². The second-order valence-corrected chi connectivity index (χ2v) is 6.96. The van der Waals surface area contributed by atoms with Crippen molar-refractivity contribution in [3.05, 3.63) is 35.6 Å². The molecule has 5 heteroatoms. The van der Waals surface area contributed by atoms with E-state index in [-0.39, 0.29) is 11.4 Å². The van der Waals surface area contributed by atoms with E-state index in [0.29, 0.717) is 6.42 Å². The van der Waals surface area contributed by atoms with Gasteiger partial charge in [0.05, 0.1) is 0 Å². The van der Waals surface area contributed by atoms with E-state index < -0.39 is 11.7 Å². The minimum atomic E-state index is -0.531. The predicted molar refractivity (Wildman–Crippen MR) is 84.3 cm³/mol. The van der Waals surface area contributed by atoms with Crippen molar-refractivity contribution in [3.8, 4) is 0 Å². The zero-order valence-electron chi connectivity index (χ0n) is 13.5. The summed E-state index contributed by atoms with van der Waals surface area (Å²) in [6.07, 6.45) is 1.78. The van der Waals surface area contributed by atoms with Gasteiger partial charge in [0.1, 0.15) is 11.4 Å². The molecule has 1 aliphatic rings. The molecule has 0 aromatic heterocycles. The van der Waals surface area contributed by atoms with Crippen LogP contribution in [0.5, 0.6) is 0 Å². The van der Waals surface area contributed by atoms with Crippen LogP contribution in [0.25, 0.3) is 0 Å². The van der Waals surface area contributed by atoms with Crippen LogP contribution in [-0.2, 0) is 11.2 Å². The zero-order chi connectivity index (χ0) is 16.2. The molecule has 1 aromatic carbocycles. The molecule has 4 nitrogen and oxygen atoms in total. The fraction of sp³-hybridized carbons (Fsp3) is 0.588. The molecule has 0 saturated carbocycles. The molecule has 1 heterocycles. The number of halogens is 1. The molecular formula is C17H25FN2O2. The average molecular weight is 308 g/mol. The van der Waals surface area contributed by atoms with Gasteiger partial charge in [0.15, 0.2) is 0 Å². The van der Waals surface area contributed by atoms with E-state index in [1.807, 2.05) is 26.8 Å². The van der Waals surface area contributed by atoms with Crippen LogP contribution in [0.2, 0.25) is 0 Å². The molecule has 0 unspecified atom stereocenters. The van der Waals surface area contributed by atoms with Crippen molar-refractivity contribution in [2.75, 3.05) is 13.1 Å². The largest absolute Gasteiger partial charge is 0.444 e. The van der Waals surface area contributed by atoms with Gasteiger partial charge in [0.25, 0.3) is 0 Å². The smallest absolute Gasteiger partial charge is 0.408 e. The first-order valence-electron chi connectivity index (χ1n) is 7.74. The van der Waals surface area contributed by atoms with Crippen LogP contribution < -0.4 is 10.6 Å². The lowest BCUT2D eigenvalue weighted by Crippen LogP contribution is -2.56. The van der Waals surface area contributed by atoms with Crippen molar-refractivity contribution in [1.82, 2.24) is 10.6 Å². The minimum absolute atomic E-state index is 0.251. The second kappa shape index (κ2) is 6.65. The van der Waals surface area contributed by atoms with Crippen molar-refractivity contribution < 1.29 is 13.9 Å². The fourth-order valence-corrected chi connectivity index (χ4v) is 2.81. The number of carbonyl (C=O) groups excluding carboxylic acids is 1. The van der Waals surface area contributed by atoms with Gasteiger partial charge in [-0.25, -0.2) is 9.18 Å². The number of ether oxygens (including phenoxy) is 1. The van der Waals surface area contributed by atoms with Crippen LogP contribution in [0.3, 0.4) is 0 Å². The molecule has 2 rings (SSSR count). The molecule has 0 radical (unpaired) electrons. The lowest BCUT2D eigenvalue weighted by atomic mass is 9.82. The molecular weight excluding hydrogens is 283 g/mol. The average Bonchev–Trinajstić information content (AvgIpc) is 2.36.